The molecule has 2 rings (SSSR count). The molecule has 0 aliphatic carbocycles. The van der Waals surface area contributed by atoms with Gasteiger partial charge >= 0.3 is 6.61 Å². The van der Waals surface area contributed by atoms with Crippen LogP contribution in [-0.2, 0) is 0 Å². The van der Waals surface area contributed by atoms with E-state index in [1.54, 1.807) is 24.4 Å². The molecule has 1 aromatic carbocycles. The quantitative estimate of drug-likeness (QED) is 0.784. The van der Waals surface area contributed by atoms with E-state index in [1.165, 1.54) is 10.7 Å². The van der Waals surface area contributed by atoms with Gasteiger partial charge in [0.05, 0.1) is 16.7 Å². The summed E-state index contributed by atoms with van der Waals surface area (Å²) in [4.78, 5) is 0.0874. The summed E-state index contributed by atoms with van der Waals surface area (Å²) in [6, 6.07) is 6.46. The summed E-state index contributed by atoms with van der Waals surface area (Å²) in [7, 11) is 0. The Morgan fingerprint density at radius 3 is 2.79 bits per heavy atom. The van der Waals surface area contributed by atoms with Crippen molar-refractivity contribution in [2.45, 2.75) is 24.8 Å². The molecule has 0 aliphatic rings. The second-order valence-corrected chi connectivity index (χ2v) is 4.92. The lowest BCUT2D eigenvalue weighted by atomic mass is 10.2. The highest BCUT2D eigenvalue weighted by Gasteiger charge is 2.14. The van der Waals surface area contributed by atoms with Crippen LogP contribution in [0.15, 0.2) is 30.5 Å². The molecule has 0 spiro atoms. The summed E-state index contributed by atoms with van der Waals surface area (Å²) >= 11 is 3.46. The van der Waals surface area contributed by atoms with E-state index in [2.05, 4.69) is 31.0 Å². The van der Waals surface area contributed by atoms with Crippen LogP contribution in [0.5, 0.6) is 5.75 Å². The first-order valence-electron chi connectivity index (χ1n) is 5.72. The molecule has 0 saturated carbocycles. The van der Waals surface area contributed by atoms with Gasteiger partial charge in [0.1, 0.15) is 5.69 Å². The molecule has 0 aliphatic heterocycles. The minimum atomic E-state index is -2.87. The van der Waals surface area contributed by atoms with E-state index < -0.39 is 6.61 Å². The number of alkyl halides is 3. The Balaban J connectivity index is 2.33. The van der Waals surface area contributed by atoms with Gasteiger partial charge in [-0.3, -0.25) is 0 Å². The van der Waals surface area contributed by atoms with Gasteiger partial charge in [-0.25, -0.2) is 4.68 Å². The largest absolute Gasteiger partial charge is 0.433 e. The number of ether oxygens (including phenoxy) is 1. The van der Waals surface area contributed by atoms with Crippen molar-refractivity contribution in [3.8, 4) is 11.4 Å². The maximum absolute atomic E-state index is 12.3. The third kappa shape index (κ3) is 3.28. The number of rotatable bonds is 5. The topological polar surface area (TPSA) is 39.9 Å². The fourth-order valence-corrected chi connectivity index (χ4v) is 1.80. The molecule has 19 heavy (non-hydrogen) atoms. The Bertz CT molecular complexity index is 547. The SMILES string of the molecule is CCC(Br)c1cn(-c2ccccc2OC(F)F)nn1. The van der Waals surface area contributed by atoms with E-state index in [-0.39, 0.29) is 10.6 Å². The monoisotopic (exact) mass is 331 g/mol. The third-order valence-corrected chi connectivity index (χ3v) is 3.64. The van der Waals surface area contributed by atoms with Crippen LogP contribution in [0.2, 0.25) is 0 Å². The summed E-state index contributed by atoms with van der Waals surface area (Å²) in [6.45, 7) is -0.865. The van der Waals surface area contributed by atoms with Gasteiger partial charge in [0, 0.05) is 0 Å². The van der Waals surface area contributed by atoms with Crippen LogP contribution in [0.25, 0.3) is 5.69 Å². The van der Waals surface area contributed by atoms with Crippen LogP contribution in [0.4, 0.5) is 8.78 Å². The average Bonchev–Trinajstić information content (AvgIpc) is 2.87. The Hall–Kier alpha value is -1.50. The summed E-state index contributed by atoms with van der Waals surface area (Å²) in [5.74, 6) is 0.0663. The molecule has 0 radical (unpaired) electrons. The van der Waals surface area contributed by atoms with Crippen molar-refractivity contribution >= 4 is 15.9 Å². The van der Waals surface area contributed by atoms with Gasteiger partial charge in [-0.05, 0) is 18.6 Å². The lowest BCUT2D eigenvalue weighted by Gasteiger charge is -2.09. The number of hydrogen-bond acceptors (Lipinski definition) is 3. The summed E-state index contributed by atoms with van der Waals surface area (Å²) < 4.78 is 30.5. The maximum atomic E-state index is 12.3. The average molecular weight is 332 g/mol. The van der Waals surface area contributed by atoms with Crippen molar-refractivity contribution in [3.05, 3.63) is 36.2 Å². The third-order valence-electron chi connectivity index (χ3n) is 2.52. The Morgan fingerprint density at radius 1 is 1.37 bits per heavy atom. The van der Waals surface area contributed by atoms with Gasteiger partial charge in [-0.15, -0.1) is 5.10 Å². The zero-order chi connectivity index (χ0) is 13.8. The van der Waals surface area contributed by atoms with Crippen LogP contribution in [0.1, 0.15) is 23.9 Å². The van der Waals surface area contributed by atoms with E-state index >= 15 is 0 Å². The molecule has 0 saturated heterocycles. The minimum Gasteiger partial charge on any atom is -0.433 e. The second-order valence-electron chi connectivity index (χ2n) is 3.81. The molecule has 0 bridgehead atoms. The van der Waals surface area contributed by atoms with Crippen molar-refractivity contribution in [1.29, 1.82) is 0 Å². The number of halogens is 3. The van der Waals surface area contributed by atoms with Crippen molar-refractivity contribution in [1.82, 2.24) is 15.0 Å². The zero-order valence-corrected chi connectivity index (χ0v) is 11.7. The Kier molecular flexibility index (Phi) is 4.47. The molecular formula is C12H12BrF2N3O. The lowest BCUT2D eigenvalue weighted by molar-refractivity contribution is -0.0499. The van der Waals surface area contributed by atoms with Gasteiger partial charge < -0.3 is 4.74 Å². The summed E-state index contributed by atoms with van der Waals surface area (Å²) in [6.07, 6.45) is 2.55. The maximum Gasteiger partial charge on any atom is 0.387 e. The lowest BCUT2D eigenvalue weighted by Crippen LogP contribution is -2.06. The molecule has 0 amide bonds. The van der Waals surface area contributed by atoms with E-state index in [9.17, 15) is 8.78 Å². The van der Waals surface area contributed by atoms with Gasteiger partial charge in [0.25, 0.3) is 0 Å². The first kappa shape index (κ1) is 13.9. The van der Waals surface area contributed by atoms with E-state index in [0.29, 0.717) is 5.69 Å². The first-order valence-corrected chi connectivity index (χ1v) is 6.64. The molecule has 0 fully saturated rings. The smallest absolute Gasteiger partial charge is 0.387 e. The van der Waals surface area contributed by atoms with Crippen LogP contribution < -0.4 is 4.74 Å². The highest BCUT2D eigenvalue weighted by Crippen LogP contribution is 2.27. The van der Waals surface area contributed by atoms with Crippen molar-refractivity contribution in [3.63, 3.8) is 0 Å². The fourth-order valence-electron chi connectivity index (χ4n) is 1.59. The van der Waals surface area contributed by atoms with E-state index in [1.807, 2.05) is 6.92 Å². The zero-order valence-electron chi connectivity index (χ0n) is 10.1. The van der Waals surface area contributed by atoms with Crippen LogP contribution in [0.3, 0.4) is 0 Å². The van der Waals surface area contributed by atoms with Crippen molar-refractivity contribution in [2.24, 2.45) is 0 Å². The molecule has 1 atom stereocenters. The minimum absolute atomic E-state index is 0.0663. The van der Waals surface area contributed by atoms with E-state index in [0.717, 1.165) is 12.1 Å². The van der Waals surface area contributed by atoms with Gasteiger partial charge in [0.2, 0.25) is 0 Å². The number of hydrogen-bond donors (Lipinski definition) is 0. The molecule has 1 heterocycles. The predicted octanol–water partition coefficient (Wildman–Crippen LogP) is 3.71. The van der Waals surface area contributed by atoms with Gasteiger partial charge in [-0.2, -0.15) is 8.78 Å². The Morgan fingerprint density at radius 2 is 2.11 bits per heavy atom. The number of aromatic nitrogens is 3. The molecule has 1 aromatic heterocycles. The number of nitrogens with zero attached hydrogens (tertiary/aromatic N) is 3. The summed E-state index contributed by atoms with van der Waals surface area (Å²) in [5, 5.41) is 7.94. The van der Waals surface area contributed by atoms with Crippen molar-refractivity contribution in [2.75, 3.05) is 0 Å². The van der Waals surface area contributed by atoms with Crippen LogP contribution >= 0.6 is 15.9 Å². The van der Waals surface area contributed by atoms with Crippen LogP contribution in [0, 0.1) is 0 Å². The van der Waals surface area contributed by atoms with Crippen LogP contribution in [-0.4, -0.2) is 21.6 Å². The predicted molar refractivity (Wildman–Crippen MR) is 70.0 cm³/mol. The first-order chi connectivity index (χ1) is 9.11. The standard InChI is InChI=1S/C12H12BrF2N3O/c1-2-8(13)9-7-18(17-16-9)10-5-3-4-6-11(10)19-12(14)15/h3-8,12H,2H2,1H3. The molecule has 2 aromatic rings. The van der Waals surface area contributed by atoms with Crippen molar-refractivity contribution < 1.29 is 13.5 Å². The second kappa shape index (κ2) is 6.10. The highest BCUT2D eigenvalue weighted by molar-refractivity contribution is 9.09. The van der Waals surface area contributed by atoms with Gasteiger partial charge in [-0.1, -0.05) is 40.2 Å². The molecule has 4 nitrogen and oxygen atoms in total. The Labute approximate surface area is 117 Å². The molecule has 1 unspecified atom stereocenters. The fraction of sp³-hybridized carbons (Fsp3) is 0.333. The molecule has 7 heteroatoms. The highest BCUT2D eigenvalue weighted by atomic mass is 79.9. The number of para-hydroxylation sites is 2. The molecular weight excluding hydrogens is 320 g/mol. The molecule has 102 valence electrons. The normalized spacial score (nSPS) is 12.7. The van der Waals surface area contributed by atoms with E-state index in [4.69, 9.17) is 0 Å². The number of benzene rings is 1. The molecule has 0 N–H and O–H groups in total. The summed E-state index contributed by atoms with van der Waals surface area (Å²) in [5.41, 5.74) is 1.17. The van der Waals surface area contributed by atoms with Gasteiger partial charge in [0.15, 0.2) is 5.75 Å².